The Morgan fingerprint density at radius 1 is 1.21 bits per heavy atom. The van der Waals surface area contributed by atoms with Crippen LogP contribution in [0, 0.1) is 0 Å². The van der Waals surface area contributed by atoms with E-state index in [0.717, 1.165) is 5.57 Å². The lowest BCUT2D eigenvalue weighted by atomic mass is 9.74. The molecule has 2 aliphatic rings. The van der Waals surface area contributed by atoms with E-state index in [1.54, 1.807) is 0 Å². The number of hydrogen-bond acceptors (Lipinski definition) is 7. The van der Waals surface area contributed by atoms with Crippen LogP contribution in [0.5, 0.6) is 28.7 Å². The van der Waals surface area contributed by atoms with E-state index in [2.05, 4.69) is 0 Å². The summed E-state index contributed by atoms with van der Waals surface area (Å²) in [5.41, 5.74) is 1.76. The Hall–Kier alpha value is -3.61. The standard InChI is InChI=1S/C26H26O7/c1-11(2)6-7-13-21(28)20-18-15(26(3,4)33-25(18)23(13)30)10-14-22(29)19-16(27)8-12(31-5)9-17(19)32-24(14)20/h6,8-9,15,27-28,30H,7,10H2,1-5H3/t15-/m1/s1. The van der Waals surface area contributed by atoms with Crippen molar-refractivity contribution < 1.29 is 29.2 Å². The van der Waals surface area contributed by atoms with Gasteiger partial charge in [-0.05, 0) is 40.5 Å². The monoisotopic (exact) mass is 450 g/mol. The summed E-state index contributed by atoms with van der Waals surface area (Å²) in [4.78, 5) is 13.5. The van der Waals surface area contributed by atoms with Crippen molar-refractivity contribution in [3.63, 3.8) is 0 Å². The van der Waals surface area contributed by atoms with Gasteiger partial charge in [-0.1, -0.05) is 11.6 Å². The second kappa shape index (κ2) is 6.94. The summed E-state index contributed by atoms with van der Waals surface area (Å²) in [7, 11) is 1.45. The van der Waals surface area contributed by atoms with Gasteiger partial charge in [0.25, 0.3) is 0 Å². The van der Waals surface area contributed by atoms with Gasteiger partial charge in [0.15, 0.2) is 16.9 Å². The molecule has 0 radical (unpaired) electrons. The molecule has 0 spiro atoms. The highest BCUT2D eigenvalue weighted by atomic mass is 16.5. The lowest BCUT2D eigenvalue weighted by Gasteiger charge is -2.30. The first kappa shape index (κ1) is 21.2. The number of aromatic hydroxyl groups is 3. The predicted octanol–water partition coefficient (Wildman–Crippen LogP) is 4.90. The Labute approximate surface area is 190 Å². The van der Waals surface area contributed by atoms with E-state index in [4.69, 9.17) is 13.9 Å². The molecule has 0 unspecified atom stereocenters. The molecule has 33 heavy (non-hydrogen) atoms. The number of hydrogen-bond donors (Lipinski definition) is 3. The molecular formula is C26H26O7. The van der Waals surface area contributed by atoms with Crippen LogP contribution in [0.25, 0.3) is 22.3 Å². The average Bonchev–Trinajstić information content (AvgIpc) is 3.01. The van der Waals surface area contributed by atoms with Crippen LogP contribution in [0.4, 0.5) is 0 Å². The molecule has 1 aliphatic carbocycles. The number of allylic oxidation sites excluding steroid dienone is 2. The van der Waals surface area contributed by atoms with Crippen molar-refractivity contribution in [1.82, 2.24) is 0 Å². The van der Waals surface area contributed by atoms with Crippen LogP contribution in [-0.4, -0.2) is 28.0 Å². The predicted molar refractivity (Wildman–Crippen MR) is 124 cm³/mol. The molecular weight excluding hydrogens is 424 g/mol. The van der Waals surface area contributed by atoms with Crippen molar-refractivity contribution >= 4 is 11.0 Å². The van der Waals surface area contributed by atoms with Gasteiger partial charge >= 0.3 is 0 Å². The van der Waals surface area contributed by atoms with Crippen molar-refractivity contribution in [2.45, 2.75) is 52.1 Å². The molecule has 2 aromatic carbocycles. The van der Waals surface area contributed by atoms with Gasteiger partial charge in [0.2, 0.25) is 0 Å². The van der Waals surface area contributed by atoms with E-state index in [9.17, 15) is 20.1 Å². The third kappa shape index (κ3) is 2.91. The first-order chi connectivity index (χ1) is 15.5. The molecule has 1 atom stereocenters. The highest BCUT2D eigenvalue weighted by Crippen LogP contribution is 2.61. The average molecular weight is 450 g/mol. The van der Waals surface area contributed by atoms with Crippen LogP contribution in [0.15, 0.2) is 33.0 Å². The molecule has 0 amide bonds. The molecule has 5 rings (SSSR count). The zero-order valence-corrected chi connectivity index (χ0v) is 19.2. The zero-order valence-electron chi connectivity index (χ0n) is 19.2. The molecule has 7 heteroatoms. The molecule has 0 saturated heterocycles. The quantitative estimate of drug-likeness (QED) is 0.487. The maximum absolute atomic E-state index is 13.5. The van der Waals surface area contributed by atoms with Crippen molar-refractivity contribution in [1.29, 1.82) is 0 Å². The minimum atomic E-state index is -0.725. The number of phenols is 3. The second-order valence-electron chi connectivity index (χ2n) is 9.50. The minimum Gasteiger partial charge on any atom is -0.507 e. The van der Waals surface area contributed by atoms with E-state index in [0.29, 0.717) is 33.8 Å². The molecule has 0 bridgehead atoms. The largest absolute Gasteiger partial charge is 0.507 e. The number of ether oxygens (including phenoxy) is 2. The zero-order chi connectivity index (χ0) is 23.8. The van der Waals surface area contributed by atoms with Crippen LogP contribution in [0.1, 0.15) is 50.3 Å². The topological polar surface area (TPSA) is 109 Å². The van der Waals surface area contributed by atoms with Crippen molar-refractivity contribution in [3.8, 4) is 40.1 Å². The van der Waals surface area contributed by atoms with Crippen LogP contribution >= 0.6 is 0 Å². The Morgan fingerprint density at radius 2 is 1.94 bits per heavy atom. The van der Waals surface area contributed by atoms with Crippen molar-refractivity contribution in [2.24, 2.45) is 0 Å². The molecule has 1 aliphatic heterocycles. The number of phenolic OH excluding ortho intramolecular Hbond substituents is 3. The Bertz CT molecular complexity index is 1420. The fraction of sp³-hybridized carbons (Fsp3) is 0.346. The molecule has 3 aromatic rings. The van der Waals surface area contributed by atoms with Crippen molar-refractivity contribution in [2.75, 3.05) is 7.11 Å². The lowest BCUT2D eigenvalue weighted by molar-refractivity contribution is 0.106. The summed E-state index contributed by atoms with van der Waals surface area (Å²) in [6, 6.07) is 2.90. The highest BCUT2D eigenvalue weighted by Gasteiger charge is 2.50. The molecule has 0 fully saturated rings. The van der Waals surface area contributed by atoms with Gasteiger partial charge in [-0.25, -0.2) is 0 Å². The third-order valence-electron chi connectivity index (χ3n) is 6.72. The third-order valence-corrected chi connectivity index (χ3v) is 6.72. The van der Waals surface area contributed by atoms with Crippen LogP contribution < -0.4 is 14.9 Å². The second-order valence-corrected chi connectivity index (χ2v) is 9.50. The van der Waals surface area contributed by atoms with E-state index >= 15 is 0 Å². The Balaban J connectivity index is 1.90. The van der Waals surface area contributed by atoms with Gasteiger partial charge in [0.05, 0.1) is 12.7 Å². The van der Waals surface area contributed by atoms with E-state index in [1.165, 1.54) is 19.2 Å². The maximum Gasteiger partial charge on any atom is 0.200 e. The summed E-state index contributed by atoms with van der Waals surface area (Å²) in [5.74, 6) is 0.141. The van der Waals surface area contributed by atoms with E-state index in [1.807, 2.05) is 33.8 Å². The summed E-state index contributed by atoms with van der Waals surface area (Å²) in [6.45, 7) is 7.65. The van der Waals surface area contributed by atoms with Crippen LogP contribution in [-0.2, 0) is 12.8 Å². The summed E-state index contributed by atoms with van der Waals surface area (Å²) >= 11 is 0. The van der Waals surface area contributed by atoms with Crippen LogP contribution in [0.3, 0.4) is 0 Å². The smallest absolute Gasteiger partial charge is 0.200 e. The molecule has 1 aromatic heterocycles. The first-order valence-electron chi connectivity index (χ1n) is 10.8. The molecule has 3 N–H and O–H groups in total. The molecule has 172 valence electrons. The van der Waals surface area contributed by atoms with Crippen molar-refractivity contribution in [3.05, 3.63) is 50.7 Å². The minimum absolute atomic E-state index is 0.0676. The maximum atomic E-state index is 13.5. The van der Waals surface area contributed by atoms with Gasteiger partial charge in [0.1, 0.15) is 39.6 Å². The normalized spacial score (nSPS) is 17.3. The van der Waals surface area contributed by atoms with Gasteiger partial charge in [-0.15, -0.1) is 0 Å². The summed E-state index contributed by atoms with van der Waals surface area (Å²) < 4.78 is 17.6. The molecule has 2 heterocycles. The lowest BCUT2D eigenvalue weighted by Crippen LogP contribution is -2.34. The fourth-order valence-electron chi connectivity index (χ4n) is 4.98. The summed E-state index contributed by atoms with van der Waals surface area (Å²) in [5, 5.41) is 32.9. The highest BCUT2D eigenvalue weighted by molar-refractivity contribution is 5.91. The van der Waals surface area contributed by atoms with Gasteiger partial charge in [-0.3, -0.25) is 4.79 Å². The molecule has 0 saturated carbocycles. The SMILES string of the molecule is COc1cc(O)c2c(=O)c3c(oc2c1)-c1c(O)c(CC=C(C)C)c(O)c2c1[C@@H](C3)C(C)(C)O2. The van der Waals surface area contributed by atoms with Gasteiger partial charge in [-0.2, -0.15) is 0 Å². The number of methoxy groups -OCH3 is 1. The molecule has 7 nitrogen and oxygen atoms in total. The summed E-state index contributed by atoms with van der Waals surface area (Å²) in [6.07, 6.45) is 2.48. The number of rotatable bonds is 3. The fourth-order valence-corrected chi connectivity index (χ4v) is 4.98. The van der Waals surface area contributed by atoms with E-state index in [-0.39, 0.29) is 58.2 Å². The number of fused-ring (bicyclic) bond motifs is 3. The first-order valence-corrected chi connectivity index (χ1v) is 10.8. The Morgan fingerprint density at radius 3 is 2.61 bits per heavy atom. The van der Waals surface area contributed by atoms with Gasteiger partial charge in [0, 0.05) is 34.7 Å². The van der Waals surface area contributed by atoms with Gasteiger partial charge < -0.3 is 29.2 Å². The van der Waals surface area contributed by atoms with E-state index < -0.39 is 5.60 Å². The number of benzene rings is 2. The van der Waals surface area contributed by atoms with Crippen LogP contribution in [0.2, 0.25) is 0 Å². The Kier molecular flexibility index (Phi) is 4.47.